The highest BCUT2D eigenvalue weighted by Gasteiger charge is 2.64. The molecule has 2 aliphatic carbocycles. The summed E-state index contributed by atoms with van der Waals surface area (Å²) in [5.74, 6) is 1.01. The summed E-state index contributed by atoms with van der Waals surface area (Å²) in [6.45, 7) is 0.992. The highest BCUT2D eigenvalue weighted by molar-refractivity contribution is 5.98. The lowest BCUT2D eigenvalue weighted by Gasteiger charge is -2.56. The first-order valence-electron chi connectivity index (χ1n) is 9.06. The fourth-order valence-electron chi connectivity index (χ4n) is 5.66. The summed E-state index contributed by atoms with van der Waals surface area (Å²) < 4.78 is 6.36. The number of aliphatic hydroxyl groups excluding tert-OH is 1. The van der Waals surface area contributed by atoms with Crippen LogP contribution in [0.1, 0.15) is 27.9 Å². The molecule has 0 radical (unpaired) electrons. The molecule has 5 atom stereocenters. The third-order valence-corrected chi connectivity index (χ3v) is 6.81. The third-order valence-electron chi connectivity index (χ3n) is 6.81. The van der Waals surface area contributed by atoms with Crippen LogP contribution in [0, 0.1) is 5.92 Å². The SMILES string of the molecule is CN(C)C(=O)c1ccc2c3c1O[C@H]1[C@@H](O)C=C[C@H]4[C@@H](C2)N(C)CC[C@@]341. The van der Waals surface area contributed by atoms with Crippen molar-refractivity contribution in [1.29, 1.82) is 0 Å². The van der Waals surface area contributed by atoms with Crippen LogP contribution in [0.2, 0.25) is 0 Å². The molecule has 2 bridgehead atoms. The minimum atomic E-state index is -0.624. The Labute approximate surface area is 147 Å². The van der Waals surface area contributed by atoms with Crippen molar-refractivity contribution < 1.29 is 14.6 Å². The van der Waals surface area contributed by atoms with Gasteiger partial charge in [-0.1, -0.05) is 18.2 Å². The Hall–Kier alpha value is -1.85. The molecule has 5 rings (SSSR count). The largest absolute Gasteiger partial charge is 0.485 e. The number of hydrogen-bond donors (Lipinski definition) is 1. The van der Waals surface area contributed by atoms with Gasteiger partial charge in [0, 0.05) is 37.0 Å². The molecule has 2 aliphatic heterocycles. The van der Waals surface area contributed by atoms with Crippen molar-refractivity contribution in [2.75, 3.05) is 27.7 Å². The second kappa shape index (κ2) is 4.86. The maximum atomic E-state index is 12.7. The minimum Gasteiger partial charge on any atom is -0.485 e. The van der Waals surface area contributed by atoms with Gasteiger partial charge in [0.05, 0.1) is 5.56 Å². The number of hydrogen-bond acceptors (Lipinski definition) is 4. The first-order chi connectivity index (χ1) is 11.9. The zero-order chi connectivity index (χ0) is 17.5. The first-order valence-corrected chi connectivity index (χ1v) is 9.06. The monoisotopic (exact) mass is 340 g/mol. The number of rotatable bonds is 1. The van der Waals surface area contributed by atoms with Crippen LogP contribution in [-0.4, -0.2) is 66.8 Å². The summed E-state index contributed by atoms with van der Waals surface area (Å²) in [5.41, 5.74) is 2.90. The molecule has 25 heavy (non-hydrogen) atoms. The Kier molecular flexibility index (Phi) is 3.00. The van der Waals surface area contributed by atoms with Gasteiger partial charge in [-0.15, -0.1) is 0 Å². The quantitative estimate of drug-likeness (QED) is 0.781. The lowest BCUT2D eigenvalue weighted by Crippen LogP contribution is -2.64. The van der Waals surface area contributed by atoms with Gasteiger partial charge >= 0.3 is 0 Å². The molecular formula is C20H24N2O3. The van der Waals surface area contributed by atoms with Crippen LogP contribution in [0.4, 0.5) is 0 Å². The Morgan fingerprint density at radius 1 is 1.36 bits per heavy atom. The lowest BCUT2D eigenvalue weighted by atomic mass is 9.53. The van der Waals surface area contributed by atoms with Gasteiger partial charge in [0.1, 0.15) is 18.0 Å². The van der Waals surface area contributed by atoms with E-state index in [2.05, 4.69) is 24.1 Å². The molecule has 1 saturated heterocycles. The van der Waals surface area contributed by atoms with Gasteiger partial charge in [-0.3, -0.25) is 4.79 Å². The molecule has 1 spiro atoms. The third kappa shape index (κ3) is 1.73. The standard InChI is InChI=1S/C20H24N2O3/c1-21(2)19(24)12-5-4-11-10-14-13-6-7-15(23)18-20(13,8-9-22(14)3)16(11)17(12)25-18/h4-7,13-15,18,23H,8-10H2,1-3H3/t13-,14+,15-,18-,20-/m0/s1. The van der Waals surface area contributed by atoms with E-state index in [0.29, 0.717) is 17.5 Å². The van der Waals surface area contributed by atoms with E-state index in [0.717, 1.165) is 25.1 Å². The van der Waals surface area contributed by atoms with Crippen LogP contribution >= 0.6 is 0 Å². The van der Waals surface area contributed by atoms with Crippen molar-refractivity contribution in [2.45, 2.75) is 36.5 Å². The smallest absolute Gasteiger partial charge is 0.257 e. The number of likely N-dealkylation sites (N-methyl/N-ethyl adjacent to an activating group) is 1. The van der Waals surface area contributed by atoms with Crippen LogP contribution in [-0.2, 0) is 11.8 Å². The number of amides is 1. The van der Waals surface area contributed by atoms with Crippen LogP contribution in [0.25, 0.3) is 0 Å². The summed E-state index contributed by atoms with van der Waals surface area (Å²) in [5, 5.41) is 10.7. The second-order valence-corrected chi connectivity index (χ2v) is 8.16. The van der Waals surface area contributed by atoms with Crippen molar-refractivity contribution in [1.82, 2.24) is 9.80 Å². The van der Waals surface area contributed by atoms with E-state index in [1.54, 1.807) is 19.0 Å². The average molecular weight is 340 g/mol. The number of nitrogens with zero attached hydrogens (tertiary/aromatic N) is 2. The number of carbonyl (C=O) groups is 1. The lowest BCUT2D eigenvalue weighted by molar-refractivity contribution is -0.0451. The highest BCUT2D eigenvalue weighted by atomic mass is 16.5. The van der Waals surface area contributed by atoms with Crippen LogP contribution in [0.5, 0.6) is 5.75 Å². The van der Waals surface area contributed by atoms with Crippen LogP contribution in [0.15, 0.2) is 24.3 Å². The van der Waals surface area contributed by atoms with Gasteiger partial charge in [0.2, 0.25) is 0 Å². The Bertz CT molecular complexity index is 802. The van der Waals surface area contributed by atoms with Crippen molar-refractivity contribution >= 4 is 5.91 Å². The van der Waals surface area contributed by atoms with E-state index in [9.17, 15) is 9.90 Å². The molecule has 1 aromatic carbocycles. The van der Waals surface area contributed by atoms with E-state index < -0.39 is 6.10 Å². The molecule has 0 saturated carbocycles. The molecule has 5 nitrogen and oxygen atoms in total. The number of piperidine rings is 1. The molecule has 1 amide bonds. The minimum absolute atomic E-state index is 0.0399. The molecule has 4 aliphatic rings. The zero-order valence-electron chi connectivity index (χ0n) is 14.9. The predicted octanol–water partition coefficient (Wildman–Crippen LogP) is 1.19. The maximum absolute atomic E-state index is 12.7. The number of ether oxygens (including phenoxy) is 1. The Morgan fingerprint density at radius 2 is 2.16 bits per heavy atom. The fourth-order valence-corrected chi connectivity index (χ4v) is 5.66. The molecule has 5 heteroatoms. The number of likely N-dealkylation sites (tertiary alicyclic amines) is 1. The normalized spacial score (nSPS) is 37.4. The van der Waals surface area contributed by atoms with E-state index in [1.807, 2.05) is 12.1 Å². The van der Waals surface area contributed by atoms with E-state index in [1.165, 1.54) is 11.1 Å². The van der Waals surface area contributed by atoms with Crippen molar-refractivity contribution in [3.05, 3.63) is 41.0 Å². The summed E-state index contributed by atoms with van der Waals surface area (Å²) in [4.78, 5) is 16.7. The topological polar surface area (TPSA) is 53.0 Å². The molecule has 0 unspecified atom stereocenters. The average Bonchev–Trinajstić information content (AvgIpc) is 2.94. The van der Waals surface area contributed by atoms with Gasteiger partial charge in [-0.25, -0.2) is 0 Å². The molecule has 132 valence electrons. The second-order valence-electron chi connectivity index (χ2n) is 8.16. The summed E-state index contributed by atoms with van der Waals surface area (Å²) in [7, 11) is 5.72. The summed E-state index contributed by atoms with van der Waals surface area (Å²) in [6, 6.07) is 4.44. The fraction of sp³-hybridized carbons (Fsp3) is 0.550. The number of carbonyl (C=O) groups excluding carboxylic acids is 1. The molecule has 1 aromatic rings. The van der Waals surface area contributed by atoms with Crippen LogP contribution in [0.3, 0.4) is 0 Å². The van der Waals surface area contributed by atoms with E-state index in [-0.39, 0.29) is 17.4 Å². The summed E-state index contributed by atoms with van der Waals surface area (Å²) in [6.07, 6.45) is 5.10. The Balaban J connectivity index is 1.78. The molecule has 1 N–H and O–H groups in total. The van der Waals surface area contributed by atoms with Gasteiger partial charge in [-0.2, -0.15) is 0 Å². The zero-order valence-corrected chi connectivity index (χ0v) is 14.9. The van der Waals surface area contributed by atoms with E-state index >= 15 is 0 Å². The number of benzene rings is 1. The van der Waals surface area contributed by atoms with Crippen molar-refractivity contribution in [3.63, 3.8) is 0 Å². The van der Waals surface area contributed by atoms with Crippen molar-refractivity contribution in [3.8, 4) is 5.75 Å². The molecule has 0 aromatic heterocycles. The molecule has 1 fully saturated rings. The van der Waals surface area contributed by atoms with Gasteiger partial charge in [0.25, 0.3) is 5.91 Å². The Morgan fingerprint density at radius 3 is 2.92 bits per heavy atom. The molecular weight excluding hydrogens is 316 g/mol. The summed E-state index contributed by atoms with van der Waals surface area (Å²) >= 11 is 0. The maximum Gasteiger partial charge on any atom is 0.257 e. The van der Waals surface area contributed by atoms with Gasteiger partial charge in [0.15, 0.2) is 0 Å². The molecule has 2 heterocycles. The first kappa shape index (κ1) is 15.4. The van der Waals surface area contributed by atoms with Gasteiger partial charge in [-0.05, 0) is 38.1 Å². The predicted molar refractivity (Wildman–Crippen MR) is 93.9 cm³/mol. The highest BCUT2D eigenvalue weighted by Crippen LogP contribution is 2.61. The van der Waals surface area contributed by atoms with Crippen LogP contribution < -0.4 is 4.74 Å². The van der Waals surface area contributed by atoms with Gasteiger partial charge < -0.3 is 19.6 Å². The number of aliphatic hydroxyl groups is 1. The van der Waals surface area contributed by atoms with Crippen molar-refractivity contribution in [2.24, 2.45) is 5.92 Å². The van der Waals surface area contributed by atoms with E-state index in [4.69, 9.17) is 4.74 Å².